The fourth-order valence-electron chi connectivity index (χ4n) is 0.900. The summed E-state index contributed by atoms with van der Waals surface area (Å²) < 4.78 is 0. The molecule has 0 saturated heterocycles. The zero-order chi connectivity index (χ0) is 8.48. The van der Waals surface area contributed by atoms with Crippen molar-refractivity contribution in [2.24, 2.45) is 0 Å². The van der Waals surface area contributed by atoms with Crippen molar-refractivity contribution >= 4 is 13.2 Å². The van der Waals surface area contributed by atoms with E-state index in [-0.39, 0.29) is 5.30 Å². The molecule has 0 spiro atoms. The third kappa shape index (κ3) is 1.98. The van der Waals surface area contributed by atoms with E-state index in [1.54, 1.807) is 25.1 Å². The molecular formula is C7H10O3P+. The molecule has 11 heavy (non-hydrogen) atoms. The molecule has 3 N–H and O–H groups in total. The Hall–Kier alpha value is -0.470. The van der Waals surface area contributed by atoms with Gasteiger partial charge in [-0.3, -0.25) is 0 Å². The zero-order valence-electron chi connectivity index (χ0n) is 6.10. The summed E-state index contributed by atoms with van der Waals surface area (Å²) in [6.07, 6.45) is 0. The molecule has 0 aromatic heterocycles. The van der Waals surface area contributed by atoms with Crippen LogP contribution in [0.1, 0.15) is 5.56 Å². The molecule has 0 atom stereocenters. The Morgan fingerprint density at radius 2 is 1.64 bits per heavy atom. The van der Waals surface area contributed by atoms with Crippen molar-refractivity contribution in [3.8, 4) is 0 Å². The molecule has 60 valence electrons. The van der Waals surface area contributed by atoms with Gasteiger partial charge in [-0.15, -0.1) is 0 Å². The van der Waals surface area contributed by atoms with E-state index < -0.39 is 7.94 Å². The molecule has 0 bridgehead atoms. The van der Waals surface area contributed by atoms with Crippen molar-refractivity contribution in [1.29, 1.82) is 0 Å². The van der Waals surface area contributed by atoms with E-state index in [0.717, 1.165) is 0 Å². The molecular weight excluding hydrogens is 163 g/mol. The molecule has 1 rings (SSSR count). The van der Waals surface area contributed by atoms with E-state index >= 15 is 0 Å². The third-order valence-corrected chi connectivity index (χ3v) is 2.59. The van der Waals surface area contributed by atoms with E-state index in [1.165, 1.54) is 6.07 Å². The minimum absolute atomic E-state index is 0.222. The van der Waals surface area contributed by atoms with Gasteiger partial charge in [0.2, 0.25) is 0 Å². The van der Waals surface area contributed by atoms with Gasteiger partial charge in [0.05, 0.1) is 0 Å². The molecule has 0 aliphatic rings. The van der Waals surface area contributed by atoms with Gasteiger partial charge in [0, 0.05) is 0 Å². The SMILES string of the molecule is Cc1ccccc1[P+](O)(O)O. The first-order valence-corrected chi connectivity index (χ1v) is 4.80. The normalized spacial score (nSPS) is 11.6. The van der Waals surface area contributed by atoms with Crippen LogP contribution in [-0.2, 0) is 0 Å². The molecule has 0 amide bonds. The first-order valence-electron chi connectivity index (χ1n) is 3.15. The highest BCUT2D eigenvalue weighted by atomic mass is 31.2. The summed E-state index contributed by atoms with van der Waals surface area (Å²) in [4.78, 5) is 26.7. The molecule has 0 radical (unpaired) electrons. The van der Waals surface area contributed by atoms with E-state index in [4.69, 9.17) is 14.7 Å². The molecule has 4 heteroatoms. The summed E-state index contributed by atoms with van der Waals surface area (Å²) in [7, 11) is -3.81. The Labute approximate surface area is 65.5 Å². The van der Waals surface area contributed by atoms with Gasteiger partial charge in [0.15, 0.2) is 5.30 Å². The van der Waals surface area contributed by atoms with Crippen LogP contribution in [0.3, 0.4) is 0 Å². The number of aryl methyl sites for hydroxylation is 1. The van der Waals surface area contributed by atoms with E-state index in [2.05, 4.69) is 0 Å². The van der Waals surface area contributed by atoms with Crippen LogP contribution in [0.4, 0.5) is 0 Å². The minimum atomic E-state index is -3.81. The molecule has 0 aliphatic heterocycles. The Kier molecular flexibility index (Phi) is 2.25. The lowest BCUT2D eigenvalue weighted by Crippen LogP contribution is -2.12. The van der Waals surface area contributed by atoms with E-state index in [0.29, 0.717) is 5.56 Å². The zero-order valence-corrected chi connectivity index (χ0v) is 6.99. The fraction of sp³-hybridized carbons (Fsp3) is 0.143. The van der Waals surface area contributed by atoms with Crippen molar-refractivity contribution in [1.82, 2.24) is 0 Å². The average Bonchev–Trinajstić information content (AvgIpc) is 1.86. The van der Waals surface area contributed by atoms with Crippen LogP contribution in [0.2, 0.25) is 0 Å². The highest BCUT2D eigenvalue weighted by molar-refractivity contribution is 7.66. The lowest BCUT2D eigenvalue weighted by atomic mass is 10.2. The van der Waals surface area contributed by atoms with Crippen LogP contribution < -0.4 is 5.30 Å². The molecule has 0 saturated carbocycles. The Morgan fingerprint density at radius 1 is 1.09 bits per heavy atom. The first kappa shape index (κ1) is 8.62. The molecule has 0 heterocycles. The van der Waals surface area contributed by atoms with E-state index in [1.807, 2.05) is 0 Å². The number of hydrogen-bond donors (Lipinski definition) is 3. The van der Waals surface area contributed by atoms with Crippen LogP contribution in [-0.4, -0.2) is 14.7 Å². The van der Waals surface area contributed by atoms with Crippen LogP contribution in [0, 0.1) is 6.92 Å². The van der Waals surface area contributed by atoms with Crippen LogP contribution >= 0.6 is 7.94 Å². The summed E-state index contributed by atoms with van der Waals surface area (Å²) in [5.74, 6) is 0. The Balaban J connectivity index is 3.14. The summed E-state index contributed by atoms with van der Waals surface area (Å²) >= 11 is 0. The number of rotatable bonds is 1. The lowest BCUT2D eigenvalue weighted by molar-refractivity contribution is 0.347. The predicted molar refractivity (Wildman–Crippen MR) is 44.4 cm³/mol. The fourth-order valence-corrected chi connectivity index (χ4v) is 1.73. The summed E-state index contributed by atoms with van der Waals surface area (Å²) in [5, 5.41) is 0.222. The molecule has 1 aromatic rings. The van der Waals surface area contributed by atoms with Crippen molar-refractivity contribution in [2.75, 3.05) is 0 Å². The van der Waals surface area contributed by atoms with Gasteiger partial charge in [-0.2, -0.15) is 14.7 Å². The third-order valence-electron chi connectivity index (χ3n) is 1.44. The second-order valence-electron chi connectivity index (χ2n) is 2.35. The van der Waals surface area contributed by atoms with Gasteiger partial charge in [0.1, 0.15) is 0 Å². The second-order valence-corrected chi connectivity index (χ2v) is 3.97. The number of hydrogen-bond acceptors (Lipinski definition) is 3. The predicted octanol–water partition coefficient (Wildman–Crippen LogP) is 0.360. The van der Waals surface area contributed by atoms with Gasteiger partial charge < -0.3 is 0 Å². The standard InChI is InChI=1S/C7H10O3P/c1-6-4-2-3-5-7(6)11(8,9)10/h2-5,8-10H,1H3/q+1. The molecule has 3 nitrogen and oxygen atoms in total. The topological polar surface area (TPSA) is 60.7 Å². The maximum absolute atomic E-state index is 8.89. The van der Waals surface area contributed by atoms with E-state index in [9.17, 15) is 0 Å². The summed E-state index contributed by atoms with van der Waals surface area (Å²) in [6, 6.07) is 6.64. The maximum Gasteiger partial charge on any atom is 0.441 e. The van der Waals surface area contributed by atoms with Crippen LogP contribution in [0.15, 0.2) is 24.3 Å². The molecule has 0 fully saturated rings. The van der Waals surface area contributed by atoms with Gasteiger partial charge in [0.25, 0.3) is 0 Å². The lowest BCUT2D eigenvalue weighted by Gasteiger charge is -2.04. The smallest absolute Gasteiger partial charge is 0.189 e. The summed E-state index contributed by atoms with van der Waals surface area (Å²) in [5.41, 5.74) is 0.688. The van der Waals surface area contributed by atoms with Crippen LogP contribution in [0.25, 0.3) is 0 Å². The largest absolute Gasteiger partial charge is 0.441 e. The Morgan fingerprint density at radius 3 is 2.00 bits per heavy atom. The molecule has 1 aromatic carbocycles. The van der Waals surface area contributed by atoms with Crippen molar-refractivity contribution in [3.63, 3.8) is 0 Å². The first-order chi connectivity index (χ1) is 5.02. The van der Waals surface area contributed by atoms with Crippen molar-refractivity contribution in [3.05, 3.63) is 29.8 Å². The second kappa shape index (κ2) is 2.88. The number of benzene rings is 1. The van der Waals surface area contributed by atoms with Crippen molar-refractivity contribution in [2.45, 2.75) is 6.92 Å². The highest BCUT2D eigenvalue weighted by Gasteiger charge is 2.35. The maximum atomic E-state index is 8.89. The monoisotopic (exact) mass is 173 g/mol. The Bertz CT molecular complexity index is 254. The average molecular weight is 173 g/mol. The quantitative estimate of drug-likeness (QED) is 0.537. The minimum Gasteiger partial charge on any atom is -0.189 e. The molecule has 0 aliphatic carbocycles. The van der Waals surface area contributed by atoms with Crippen molar-refractivity contribution < 1.29 is 14.7 Å². The van der Waals surface area contributed by atoms with Gasteiger partial charge >= 0.3 is 7.94 Å². The summed E-state index contributed by atoms with van der Waals surface area (Å²) in [6.45, 7) is 1.72. The highest BCUT2D eigenvalue weighted by Crippen LogP contribution is 2.43. The van der Waals surface area contributed by atoms with Gasteiger partial charge in [-0.1, -0.05) is 18.2 Å². The van der Waals surface area contributed by atoms with Gasteiger partial charge in [-0.05, 0) is 18.6 Å². The van der Waals surface area contributed by atoms with Gasteiger partial charge in [-0.25, -0.2) is 0 Å². The van der Waals surface area contributed by atoms with Crippen LogP contribution in [0.5, 0.6) is 0 Å². The molecule has 0 unspecified atom stereocenters.